The van der Waals surface area contributed by atoms with E-state index in [9.17, 15) is 9.90 Å². The van der Waals surface area contributed by atoms with Gasteiger partial charge in [0, 0.05) is 18.0 Å². The average molecular weight is 279 g/mol. The van der Waals surface area contributed by atoms with Gasteiger partial charge in [0.2, 0.25) is 5.88 Å². The zero-order valence-electron chi connectivity index (χ0n) is 11.0. The van der Waals surface area contributed by atoms with Gasteiger partial charge in [-0.15, -0.1) is 0 Å². The molecule has 0 radical (unpaired) electrons. The maximum absolute atomic E-state index is 12.0. The van der Waals surface area contributed by atoms with Gasteiger partial charge in [0.05, 0.1) is 5.71 Å². The van der Waals surface area contributed by atoms with E-state index in [0.717, 1.165) is 6.07 Å². The van der Waals surface area contributed by atoms with Crippen molar-refractivity contribution in [2.45, 2.75) is 6.92 Å². The highest BCUT2D eigenvalue weighted by molar-refractivity contribution is 5.98. The third kappa shape index (κ3) is 2.62. The second-order valence-corrected chi connectivity index (χ2v) is 4.06. The summed E-state index contributed by atoms with van der Waals surface area (Å²) in [5, 5.41) is 31.7. The van der Waals surface area contributed by atoms with Crippen LogP contribution < -0.4 is 5.56 Å². The van der Waals surface area contributed by atoms with Gasteiger partial charge in [-0.25, -0.2) is 0 Å². The SMILES string of the molecule is C/C(=N\n1c(O)c(C#N)cc(C#N)c1=O)c1ccncc1. The molecule has 1 N–H and O–H groups in total. The summed E-state index contributed by atoms with van der Waals surface area (Å²) in [5.74, 6) is -0.602. The molecule has 0 unspecified atom stereocenters. The summed E-state index contributed by atoms with van der Waals surface area (Å²) in [6.45, 7) is 1.63. The molecule has 0 saturated heterocycles. The van der Waals surface area contributed by atoms with Crippen LogP contribution in [0.2, 0.25) is 0 Å². The van der Waals surface area contributed by atoms with Crippen molar-refractivity contribution in [3.05, 3.63) is 57.6 Å². The molecule has 7 nitrogen and oxygen atoms in total. The first-order valence-electron chi connectivity index (χ1n) is 5.83. The number of nitrogens with zero attached hydrogens (tertiary/aromatic N) is 5. The van der Waals surface area contributed by atoms with Crippen LogP contribution in [-0.4, -0.2) is 20.5 Å². The third-order valence-electron chi connectivity index (χ3n) is 2.74. The van der Waals surface area contributed by atoms with Crippen molar-refractivity contribution in [1.82, 2.24) is 9.66 Å². The summed E-state index contributed by atoms with van der Waals surface area (Å²) in [6, 6.07) is 7.78. The molecule has 0 aliphatic rings. The smallest absolute Gasteiger partial charge is 0.292 e. The molecule has 2 aromatic heterocycles. The first-order valence-corrected chi connectivity index (χ1v) is 5.83. The zero-order valence-corrected chi connectivity index (χ0v) is 11.0. The Hall–Kier alpha value is -3.45. The minimum Gasteiger partial charge on any atom is -0.492 e. The Balaban J connectivity index is 2.68. The molecule has 21 heavy (non-hydrogen) atoms. The van der Waals surface area contributed by atoms with E-state index in [1.165, 1.54) is 0 Å². The van der Waals surface area contributed by atoms with Crippen molar-refractivity contribution >= 4 is 5.71 Å². The van der Waals surface area contributed by atoms with Crippen LogP contribution in [0, 0.1) is 22.7 Å². The van der Waals surface area contributed by atoms with Gasteiger partial charge >= 0.3 is 0 Å². The summed E-state index contributed by atoms with van der Waals surface area (Å²) in [6.07, 6.45) is 3.12. The molecule has 0 fully saturated rings. The highest BCUT2D eigenvalue weighted by Gasteiger charge is 2.14. The molecule has 2 rings (SSSR count). The predicted molar refractivity (Wildman–Crippen MR) is 73.6 cm³/mol. The van der Waals surface area contributed by atoms with E-state index in [1.54, 1.807) is 43.6 Å². The Labute approximate surface area is 119 Å². The van der Waals surface area contributed by atoms with E-state index in [0.29, 0.717) is 16.0 Å². The summed E-state index contributed by atoms with van der Waals surface area (Å²) in [4.78, 5) is 15.9. The van der Waals surface area contributed by atoms with Crippen molar-refractivity contribution in [3.63, 3.8) is 0 Å². The number of aromatic nitrogens is 2. The number of hydrogen-bond donors (Lipinski definition) is 1. The molecule has 0 amide bonds. The fraction of sp³-hybridized carbons (Fsp3) is 0.0714. The molecule has 0 atom stereocenters. The summed E-state index contributed by atoms with van der Waals surface area (Å²) in [5.41, 5.74) is -0.138. The highest BCUT2D eigenvalue weighted by atomic mass is 16.3. The van der Waals surface area contributed by atoms with Gasteiger partial charge in [-0.3, -0.25) is 9.78 Å². The van der Waals surface area contributed by atoms with Gasteiger partial charge in [0.15, 0.2) is 0 Å². The van der Waals surface area contributed by atoms with Crippen LogP contribution in [0.15, 0.2) is 40.5 Å². The lowest BCUT2D eigenvalue weighted by molar-refractivity contribution is 0.418. The minimum atomic E-state index is -0.789. The second-order valence-electron chi connectivity index (χ2n) is 4.06. The maximum Gasteiger partial charge on any atom is 0.292 e. The van der Waals surface area contributed by atoms with E-state index in [-0.39, 0.29) is 11.1 Å². The van der Waals surface area contributed by atoms with Gasteiger partial charge in [-0.1, -0.05) is 0 Å². The molecule has 0 aromatic carbocycles. The number of hydrogen-bond acceptors (Lipinski definition) is 6. The molecule has 0 spiro atoms. The van der Waals surface area contributed by atoms with Gasteiger partial charge < -0.3 is 5.11 Å². The topological polar surface area (TPSA) is 115 Å². The van der Waals surface area contributed by atoms with Crippen LogP contribution in [0.5, 0.6) is 5.88 Å². The Morgan fingerprint density at radius 3 is 2.48 bits per heavy atom. The lowest BCUT2D eigenvalue weighted by atomic mass is 10.2. The van der Waals surface area contributed by atoms with E-state index >= 15 is 0 Å². The van der Waals surface area contributed by atoms with E-state index in [2.05, 4.69) is 10.1 Å². The van der Waals surface area contributed by atoms with Crippen LogP contribution in [0.1, 0.15) is 23.6 Å². The van der Waals surface area contributed by atoms with Crippen LogP contribution in [-0.2, 0) is 0 Å². The van der Waals surface area contributed by atoms with E-state index in [4.69, 9.17) is 10.5 Å². The molecule has 7 heteroatoms. The van der Waals surface area contributed by atoms with Gasteiger partial charge in [-0.2, -0.15) is 20.3 Å². The van der Waals surface area contributed by atoms with Crippen molar-refractivity contribution in [1.29, 1.82) is 10.5 Å². The van der Waals surface area contributed by atoms with Crippen LogP contribution >= 0.6 is 0 Å². The Morgan fingerprint density at radius 2 is 1.90 bits per heavy atom. The number of rotatable bonds is 2. The average Bonchev–Trinajstić information content (AvgIpc) is 2.52. The second kappa shape index (κ2) is 5.68. The summed E-state index contributed by atoms with van der Waals surface area (Å²) < 4.78 is 0.646. The van der Waals surface area contributed by atoms with Crippen molar-refractivity contribution in [3.8, 4) is 18.0 Å². The molecule has 2 aromatic rings. The zero-order chi connectivity index (χ0) is 15.4. The quantitative estimate of drug-likeness (QED) is 0.822. The number of nitriles is 2. The van der Waals surface area contributed by atoms with Gasteiger partial charge in [-0.05, 0) is 25.1 Å². The lowest BCUT2D eigenvalue weighted by Crippen LogP contribution is -2.21. The van der Waals surface area contributed by atoms with Crippen LogP contribution in [0.4, 0.5) is 0 Å². The van der Waals surface area contributed by atoms with Crippen molar-refractivity contribution in [2.24, 2.45) is 5.10 Å². The van der Waals surface area contributed by atoms with Gasteiger partial charge in [0.25, 0.3) is 5.56 Å². The van der Waals surface area contributed by atoms with Crippen molar-refractivity contribution in [2.75, 3.05) is 0 Å². The first-order chi connectivity index (χ1) is 10.1. The molecular weight excluding hydrogens is 270 g/mol. The Bertz CT molecular complexity index is 854. The molecule has 0 bridgehead atoms. The van der Waals surface area contributed by atoms with Gasteiger partial charge in [0.1, 0.15) is 23.3 Å². The predicted octanol–water partition coefficient (Wildman–Crippen LogP) is 0.965. The Kier molecular flexibility index (Phi) is 3.78. The Morgan fingerprint density at radius 1 is 1.29 bits per heavy atom. The molecule has 0 aliphatic heterocycles. The van der Waals surface area contributed by atoms with Crippen molar-refractivity contribution < 1.29 is 5.11 Å². The molecule has 0 saturated carbocycles. The normalized spacial score (nSPS) is 10.7. The minimum absolute atomic E-state index is 0.197. The fourth-order valence-electron chi connectivity index (χ4n) is 1.65. The standard InChI is InChI=1S/C14H9N5O2/c1-9(10-2-4-17-5-3-10)18-19-13(20)11(7-15)6-12(8-16)14(19)21/h2-6,20H,1H3/b18-9+. The van der Waals surface area contributed by atoms with Crippen LogP contribution in [0.25, 0.3) is 0 Å². The molecule has 2 heterocycles. The summed E-state index contributed by atoms with van der Waals surface area (Å²) in [7, 11) is 0. The number of aromatic hydroxyl groups is 1. The highest BCUT2D eigenvalue weighted by Crippen LogP contribution is 2.15. The molecule has 0 aliphatic carbocycles. The largest absolute Gasteiger partial charge is 0.492 e. The van der Waals surface area contributed by atoms with Crippen LogP contribution in [0.3, 0.4) is 0 Å². The molecular formula is C14H9N5O2. The lowest BCUT2D eigenvalue weighted by Gasteiger charge is -2.06. The monoisotopic (exact) mass is 279 g/mol. The third-order valence-corrected chi connectivity index (χ3v) is 2.74. The van der Waals surface area contributed by atoms with E-state index < -0.39 is 11.4 Å². The first kappa shape index (κ1) is 14.0. The van der Waals surface area contributed by atoms with E-state index in [1.807, 2.05) is 0 Å². The fourth-order valence-corrected chi connectivity index (χ4v) is 1.65. The molecule has 102 valence electrons. The summed E-state index contributed by atoms with van der Waals surface area (Å²) >= 11 is 0. The maximum atomic E-state index is 12.0. The number of pyridine rings is 2.